The molecule has 3 saturated heterocycles. The van der Waals surface area contributed by atoms with Crippen LogP contribution in [0.2, 0.25) is 0 Å². The van der Waals surface area contributed by atoms with Crippen molar-refractivity contribution in [1.82, 2.24) is 29.7 Å². The Bertz CT molecular complexity index is 2420. The van der Waals surface area contributed by atoms with Crippen molar-refractivity contribution in [1.29, 1.82) is 5.26 Å². The lowest BCUT2D eigenvalue weighted by Gasteiger charge is -2.40. The van der Waals surface area contributed by atoms with E-state index in [1.807, 2.05) is 36.9 Å². The maximum Gasteiger partial charge on any atom is 0.249 e. The van der Waals surface area contributed by atoms with Crippen LogP contribution in [0, 0.1) is 35.8 Å². The van der Waals surface area contributed by atoms with E-state index >= 15 is 4.39 Å². The summed E-state index contributed by atoms with van der Waals surface area (Å²) in [5.74, 6) is -0.665. The van der Waals surface area contributed by atoms with Crippen LogP contribution in [0.1, 0.15) is 48.8 Å². The lowest BCUT2D eigenvalue weighted by atomic mass is 9.79. The van der Waals surface area contributed by atoms with E-state index in [0.717, 1.165) is 40.6 Å². The van der Waals surface area contributed by atoms with Gasteiger partial charge in [0, 0.05) is 53.8 Å². The summed E-state index contributed by atoms with van der Waals surface area (Å²) in [6.45, 7) is 5.73. The van der Waals surface area contributed by atoms with Crippen molar-refractivity contribution in [2.75, 3.05) is 26.3 Å². The lowest BCUT2D eigenvalue weighted by molar-refractivity contribution is -0.145. The van der Waals surface area contributed by atoms with E-state index in [1.165, 1.54) is 12.1 Å². The number of morpholine rings is 1. The summed E-state index contributed by atoms with van der Waals surface area (Å²) in [5, 5.41) is 16.1. The molecule has 4 atom stereocenters. The zero-order valence-corrected chi connectivity index (χ0v) is 28.3. The number of rotatable bonds is 7. The number of nitrogens with one attached hydrogen (secondary N) is 1. The van der Waals surface area contributed by atoms with Gasteiger partial charge in [-0.15, -0.1) is 0 Å². The van der Waals surface area contributed by atoms with Crippen molar-refractivity contribution in [3.05, 3.63) is 89.5 Å². The number of carbonyl (C=O) groups is 1. The first-order valence-electron chi connectivity index (χ1n) is 17.5. The molecule has 1 aliphatic carbocycles. The van der Waals surface area contributed by atoms with Gasteiger partial charge in [-0.2, -0.15) is 5.26 Å². The molecule has 256 valence electrons. The number of nitriles is 1. The molecule has 3 aliphatic heterocycles. The molecule has 6 aromatic rings. The van der Waals surface area contributed by atoms with Crippen LogP contribution in [0.15, 0.2) is 60.9 Å². The second-order valence-electron chi connectivity index (χ2n) is 14.0. The fraction of sp³-hybridized carbons (Fsp3) is 0.325. The molecule has 1 saturated carbocycles. The molecule has 6 heterocycles. The third-order valence-corrected chi connectivity index (χ3v) is 11.1. The molecule has 0 unspecified atom stereocenters. The Hall–Kier alpha value is -5.31. The van der Waals surface area contributed by atoms with Gasteiger partial charge >= 0.3 is 0 Å². The molecule has 2 bridgehead atoms. The number of fused-ring (bicyclic) bond motifs is 5. The van der Waals surface area contributed by atoms with Gasteiger partial charge in [-0.25, -0.2) is 13.8 Å². The van der Waals surface area contributed by atoms with E-state index in [-0.39, 0.29) is 42.6 Å². The molecule has 9 nitrogen and oxygen atoms in total. The van der Waals surface area contributed by atoms with Crippen LogP contribution in [0.25, 0.3) is 55.1 Å². The second-order valence-corrected chi connectivity index (χ2v) is 14.0. The van der Waals surface area contributed by atoms with Crippen LogP contribution in [0.3, 0.4) is 0 Å². The van der Waals surface area contributed by atoms with E-state index in [0.29, 0.717) is 64.3 Å². The van der Waals surface area contributed by atoms with Crippen LogP contribution in [0.5, 0.6) is 0 Å². The van der Waals surface area contributed by atoms with Crippen LogP contribution >= 0.6 is 0 Å². The highest BCUT2D eigenvalue weighted by atomic mass is 19.1. The van der Waals surface area contributed by atoms with Crippen molar-refractivity contribution in [3.63, 3.8) is 0 Å². The maximum atomic E-state index is 17.7. The molecule has 11 heteroatoms. The fourth-order valence-corrected chi connectivity index (χ4v) is 8.59. The van der Waals surface area contributed by atoms with Gasteiger partial charge in [0.1, 0.15) is 29.3 Å². The molecule has 1 amide bonds. The van der Waals surface area contributed by atoms with Crippen LogP contribution in [0.4, 0.5) is 8.78 Å². The van der Waals surface area contributed by atoms with E-state index in [1.54, 1.807) is 24.5 Å². The molecule has 3 aromatic carbocycles. The number of nitrogens with zero attached hydrogens (tertiary/aromatic N) is 6. The quantitative estimate of drug-likeness (QED) is 0.194. The van der Waals surface area contributed by atoms with Crippen molar-refractivity contribution in [3.8, 4) is 28.6 Å². The highest BCUT2D eigenvalue weighted by Gasteiger charge is 2.49. The predicted molar refractivity (Wildman–Crippen MR) is 190 cm³/mol. The number of hydrogen-bond acceptors (Lipinski definition) is 7. The lowest BCUT2D eigenvalue weighted by Crippen LogP contribution is -2.45. The van der Waals surface area contributed by atoms with E-state index in [2.05, 4.69) is 27.0 Å². The highest BCUT2D eigenvalue weighted by molar-refractivity contribution is 6.12. The average molecular weight is 684 g/mol. The van der Waals surface area contributed by atoms with Crippen molar-refractivity contribution < 1.29 is 18.3 Å². The number of carbonyl (C=O) groups excluding carboxylic acids is 1. The SMILES string of the molecule is Cc1cnc(-c2nc3c(F)c(-c4cccc5ccc(F)cc45)c(CCC#N)cc3c3c2cc([C@@H](C)N2CCOCC2=O)n3[C@H]2[C@H]3CN[C@@H]2C3)cn1. The Morgan fingerprint density at radius 2 is 1.98 bits per heavy atom. The predicted octanol–water partition coefficient (Wildman–Crippen LogP) is 6.96. The molecular formula is C40H35F2N7O2. The van der Waals surface area contributed by atoms with Crippen molar-refractivity contribution in [2.24, 2.45) is 5.92 Å². The van der Waals surface area contributed by atoms with Gasteiger partial charge < -0.3 is 19.5 Å². The number of benzene rings is 3. The average Bonchev–Trinajstić information content (AvgIpc) is 3.88. The number of amides is 1. The van der Waals surface area contributed by atoms with Crippen molar-refractivity contribution >= 4 is 38.5 Å². The van der Waals surface area contributed by atoms with Gasteiger partial charge in [-0.1, -0.05) is 24.3 Å². The minimum atomic E-state index is -0.541. The van der Waals surface area contributed by atoms with Crippen molar-refractivity contribution in [2.45, 2.75) is 51.2 Å². The molecule has 0 spiro atoms. The Morgan fingerprint density at radius 3 is 2.73 bits per heavy atom. The normalized spacial score (nSPS) is 20.6. The van der Waals surface area contributed by atoms with Gasteiger partial charge in [0.2, 0.25) is 5.91 Å². The third kappa shape index (κ3) is 5.00. The Morgan fingerprint density at radius 1 is 1.10 bits per heavy atom. The fourth-order valence-electron chi connectivity index (χ4n) is 8.59. The molecule has 0 radical (unpaired) electrons. The van der Waals surface area contributed by atoms with Gasteiger partial charge in [0.25, 0.3) is 0 Å². The third-order valence-electron chi connectivity index (χ3n) is 11.1. The Balaban J connectivity index is 1.40. The minimum Gasteiger partial charge on any atom is -0.370 e. The number of hydrogen-bond donors (Lipinski definition) is 1. The van der Waals surface area contributed by atoms with Gasteiger partial charge in [-0.3, -0.25) is 14.8 Å². The molecular weight excluding hydrogens is 648 g/mol. The number of pyridine rings is 1. The highest BCUT2D eigenvalue weighted by Crippen LogP contribution is 2.50. The molecule has 3 aromatic heterocycles. The summed E-state index contributed by atoms with van der Waals surface area (Å²) in [6, 6.07) is 16.3. The van der Waals surface area contributed by atoms with E-state index in [9.17, 15) is 14.4 Å². The number of aryl methyl sites for hydroxylation is 2. The largest absolute Gasteiger partial charge is 0.370 e. The van der Waals surface area contributed by atoms with E-state index < -0.39 is 11.6 Å². The Labute approximate surface area is 292 Å². The summed E-state index contributed by atoms with van der Waals surface area (Å²) in [7, 11) is 0. The summed E-state index contributed by atoms with van der Waals surface area (Å²) in [5.41, 5.74) is 5.13. The molecule has 51 heavy (non-hydrogen) atoms. The molecule has 4 aliphatic rings. The second kappa shape index (κ2) is 12.2. The molecule has 4 fully saturated rings. The number of halogens is 2. The Kier molecular flexibility index (Phi) is 7.56. The van der Waals surface area contributed by atoms with Crippen LogP contribution < -0.4 is 5.32 Å². The standard InChI is InChI=1S/C40H35F2N7O2/c1-21-17-45-32(19-44-21)37-30-16-33(22(2)48-11-12-51-20-34(48)50)49(39-25-14-31(39)46-18-25)40(30)29-13-24(6-4-10-43)35(36(42)38(29)47-37)27-7-3-5-23-8-9-26(41)15-28(23)27/h3,5,7-9,13,15-17,19,22,25,31,39,46H,4,6,11-12,14,18,20H2,1-2H3/t22-,25-,31-,39+/m1/s1. The minimum absolute atomic E-state index is 0.0316. The maximum absolute atomic E-state index is 17.7. The first-order chi connectivity index (χ1) is 24.8. The van der Waals surface area contributed by atoms with Gasteiger partial charge in [0.05, 0.1) is 42.2 Å². The number of ether oxygens (including phenoxy) is 1. The number of aromatic nitrogens is 4. The van der Waals surface area contributed by atoms with Gasteiger partial charge in [0.15, 0.2) is 5.82 Å². The smallest absolute Gasteiger partial charge is 0.249 e. The topological polar surface area (TPSA) is 109 Å². The van der Waals surface area contributed by atoms with Crippen LogP contribution in [-0.4, -0.2) is 62.7 Å². The summed E-state index contributed by atoms with van der Waals surface area (Å²) in [4.78, 5) is 29.3. The first kappa shape index (κ1) is 31.7. The zero-order chi connectivity index (χ0) is 35.0. The molecule has 1 N–H and O–H groups in total. The summed E-state index contributed by atoms with van der Waals surface area (Å²) < 4.78 is 40.2. The zero-order valence-electron chi connectivity index (χ0n) is 28.3. The monoisotopic (exact) mass is 683 g/mol. The summed E-state index contributed by atoms with van der Waals surface area (Å²) >= 11 is 0. The molecule has 10 rings (SSSR count). The van der Waals surface area contributed by atoms with Gasteiger partial charge in [-0.05, 0) is 78.8 Å². The van der Waals surface area contributed by atoms with E-state index in [4.69, 9.17) is 14.7 Å². The summed E-state index contributed by atoms with van der Waals surface area (Å²) in [6.07, 6.45) is 4.84. The first-order valence-corrected chi connectivity index (χ1v) is 17.5. The van der Waals surface area contributed by atoms with Crippen LogP contribution in [-0.2, 0) is 16.0 Å².